The van der Waals surface area contributed by atoms with Crippen LogP contribution in [0.2, 0.25) is 0 Å². The molecule has 7 heteroatoms. The Balaban J connectivity index is 2.04. The van der Waals surface area contributed by atoms with Crippen molar-refractivity contribution in [2.75, 3.05) is 5.73 Å². The van der Waals surface area contributed by atoms with Crippen LogP contribution in [0.5, 0.6) is 0 Å². The maximum absolute atomic E-state index is 12.5. The van der Waals surface area contributed by atoms with Crippen molar-refractivity contribution in [2.45, 2.75) is 45.4 Å². The maximum atomic E-state index is 12.5. The average Bonchev–Trinajstić information content (AvgIpc) is 2.66. The van der Waals surface area contributed by atoms with Crippen molar-refractivity contribution in [1.82, 2.24) is 10.3 Å². The molecular formula is C22H25N3O4. The number of amides is 1. The first-order valence-corrected chi connectivity index (χ1v) is 9.13. The molecule has 0 aliphatic heterocycles. The number of nitrogen functional groups attached to an aromatic ring is 1. The molecule has 0 spiro atoms. The van der Waals surface area contributed by atoms with E-state index in [1.165, 1.54) is 6.20 Å². The molecule has 0 aliphatic carbocycles. The lowest BCUT2D eigenvalue weighted by molar-refractivity contribution is -0.147. The van der Waals surface area contributed by atoms with Gasteiger partial charge < -0.3 is 20.5 Å². The van der Waals surface area contributed by atoms with E-state index in [1.807, 2.05) is 30.3 Å². The van der Waals surface area contributed by atoms with E-state index < -0.39 is 23.7 Å². The number of nitrogens with two attached hydrogens (primary N) is 1. The standard InChI is InChI=1S/C22H25N3O4/c1-22(2,3)29-21(27)25-18(11-7-10-16-12-13-19(23)24-14-16)20(26)28-15-17-8-5-4-6-9-17/h4-6,8-9,12-14,18H,11,15H2,1-3H3,(H2,23,24)(H,25,27). The number of ether oxygens (including phenoxy) is 2. The van der Waals surface area contributed by atoms with E-state index in [2.05, 4.69) is 22.1 Å². The minimum Gasteiger partial charge on any atom is -0.459 e. The zero-order chi connectivity index (χ0) is 21.3. The first kappa shape index (κ1) is 21.8. The van der Waals surface area contributed by atoms with Gasteiger partial charge in [0.05, 0.1) is 0 Å². The minimum atomic E-state index is -0.970. The number of nitrogens with one attached hydrogen (secondary N) is 1. The molecule has 1 unspecified atom stereocenters. The Morgan fingerprint density at radius 3 is 2.52 bits per heavy atom. The summed E-state index contributed by atoms with van der Waals surface area (Å²) < 4.78 is 10.6. The molecule has 1 aromatic carbocycles. The van der Waals surface area contributed by atoms with E-state index in [4.69, 9.17) is 15.2 Å². The Bertz CT molecular complexity index is 878. The van der Waals surface area contributed by atoms with Gasteiger partial charge in [0.15, 0.2) is 0 Å². The van der Waals surface area contributed by atoms with Crippen LogP contribution in [-0.4, -0.2) is 28.7 Å². The molecule has 0 fully saturated rings. The predicted octanol–water partition coefficient (Wildman–Crippen LogP) is 3.04. The van der Waals surface area contributed by atoms with Crippen LogP contribution in [-0.2, 0) is 20.9 Å². The molecule has 0 saturated heterocycles. The van der Waals surface area contributed by atoms with Gasteiger partial charge in [-0.3, -0.25) is 0 Å². The number of hydrogen-bond acceptors (Lipinski definition) is 6. The molecular weight excluding hydrogens is 370 g/mol. The summed E-state index contributed by atoms with van der Waals surface area (Å²) in [5.74, 6) is 5.55. The van der Waals surface area contributed by atoms with Crippen molar-refractivity contribution in [3.05, 3.63) is 59.8 Å². The predicted molar refractivity (Wildman–Crippen MR) is 110 cm³/mol. The highest BCUT2D eigenvalue weighted by molar-refractivity contribution is 5.81. The molecule has 1 amide bonds. The highest BCUT2D eigenvalue weighted by Gasteiger charge is 2.25. The van der Waals surface area contributed by atoms with E-state index >= 15 is 0 Å². The minimum absolute atomic E-state index is 0.0528. The Morgan fingerprint density at radius 1 is 1.17 bits per heavy atom. The topological polar surface area (TPSA) is 104 Å². The Kier molecular flexibility index (Phi) is 7.61. The summed E-state index contributed by atoms with van der Waals surface area (Å²) in [6.45, 7) is 5.32. The normalized spacial score (nSPS) is 11.6. The molecule has 2 rings (SSSR count). The summed E-state index contributed by atoms with van der Waals surface area (Å²) in [6, 6.07) is 11.7. The summed E-state index contributed by atoms with van der Waals surface area (Å²) in [7, 11) is 0. The van der Waals surface area contributed by atoms with Crippen LogP contribution in [0.4, 0.5) is 10.6 Å². The molecule has 0 saturated carbocycles. The van der Waals surface area contributed by atoms with Crippen LogP contribution >= 0.6 is 0 Å². The van der Waals surface area contributed by atoms with Crippen LogP contribution in [0.15, 0.2) is 48.7 Å². The number of rotatable bonds is 5. The van der Waals surface area contributed by atoms with Crippen LogP contribution in [0.1, 0.15) is 38.3 Å². The number of pyridine rings is 1. The fourth-order valence-electron chi connectivity index (χ4n) is 2.21. The van der Waals surface area contributed by atoms with Gasteiger partial charge in [-0.2, -0.15) is 0 Å². The molecule has 0 bridgehead atoms. The Morgan fingerprint density at radius 2 is 1.90 bits per heavy atom. The van der Waals surface area contributed by atoms with Gasteiger partial charge >= 0.3 is 12.1 Å². The van der Waals surface area contributed by atoms with Gasteiger partial charge in [-0.05, 0) is 38.5 Å². The second-order valence-electron chi connectivity index (χ2n) is 7.27. The molecule has 3 N–H and O–H groups in total. The molecule has 2 aromatic rings. The molecule has 1 atom stereocenters. The fraction of sp³-hybridized carbons (Fsp3) is 0.318. The SMILES string of the molecule is CC(C)(C)OC(=O)NC(CC#Cc1ccc(N)nc1)C(=O)OCc1ccccc1. The van der Waals surface area contributed by atoms with Crippen LogP contribution in [0, 0.1) is 11.8 Å². The van der Waals surface area contributed by atoms with E-state index in [0.717, 1.165) is 5.56 Å². The molecule has 1 heterocycles. The van der Waals surface area contributed by atoms with Crippen molar-refractivity contribution < 1.29 is 19.1 Å². The summed E-state index contributed by atoms with van der Waals surface area (Å²) in [5.41, 5.74) is 6.35. The van der Waals surface area contributed by atoms with Gasteiger partial charge in [-0.1, -0.05) is 42.2 Å². The van der Waals surface area contributed by atoms with Gasteiger partial charge in [0.2, 0.25) is 0 Å². The second-order valence-corrected chi connectivity index (χ2v) is 7.27. The van der Waals surface area contributed by atoms with E-state index in [-0.39, 0.29) is 13.0 Å². The fourth-order valence-corrected chi connectivity index (χ4v) is 2.21. The van der Waals surface area contributed by atoms with Crippen LogP contribution < -0.4 is 11.1 Å². The molecule has 7 nitrogen and oxygen atoms in total. The third-order valence-electron chi connectivity index (χ3n) is 3.52. The highest BCUT2D eigenvalue weighted by Crippen LogP contribution is 2.09. The lowest BCUT2D eigenvalue weighted by Gasteiger charge is -2.22. The van der Waals surface area contributed by atoms with Crippen molar-refractivity contribution in [2.24, 2.45) is 0 Å². The van der Waals surface area contributed by atoms with Gasteiger partial charge in [-0.25, -0.2) is 14.6 Å². The third kappa shape index (κ3) is 8.35. The number of benzene rings is 1. The number of carbonyl (C=O) groups excluding carboxylic acids is 2. The number of esters is 1. The van der Waals surface area contributed by atoms with Crippen molar-refractivity contribution in [3.63, 3.8) is 0 Å². The van der Waals surface area contributed by atoms with Crippen molar-refractivity contribution >= 4 is 17.9 Å². The molecule has 0 radical (unpaired) electrons. The maximum Gasteiger partial charge on any atom is 0.408 e. The van der Waals surface area contributed by atoms with Gasteiger partial charge in [-0.15, -0.1) is 0 Å². The number of aromatic nitrogens is 1. The zero-order valence-electron chi connectivity index (χ0n) is 16.8. The van der Waals surface area contributed by atoms with E-state index in [0.29, 0.717) is 11.4 Å². The average molecular weight is 395 g/mol. The van der Waals surface area contributed by atoms with Crippen LogP contribution in [0.25, 0.3) is 0 Å². The highest BCUT2D eigenvalue weighted by atomic mass is 16.6. The zero-order valence-corrected chi connectivity index (χ0v) is 16.8. The summed E-state index contributed by atoms with van der Waals surface area (Å²) >= 11 is 0. The molecule has 0 aliphatic rings. The van der Waals surface area contributed by atoms with E-state index in [1.54, 1.807) is 32.9 Å². The molecule has 1 aromatic heterocycles. The smallest absolute Gasteiger partial charge is 0.408 e. The molecule has 152 valence electrons. The first-order valence-electron chi connectivity index (χ1n) is 9.13. The Labute approximate surface area is 170 Å². The van der Waals surface area contributed by atoms with E-state index in [9.17, 15) is 9.59 Å². The van der Waals surface area contributed by atoms with Gasteiger partial charge in [0.1, 0.15) is 24.1 Å². The largest absolute Gasteiger partial charge is 0.459 e. The summed E-state index contributed by atoms with van der Waals surface area (Å²) in [6.07, 6.45) is 0.874. The third-order valence-corrected chi connectivity index (χ3v) is 3.52. The quantitative estimate of drug-likeness (QED) is 0.596. The second kappa shape index (κ2) is 10.1. The van der Waals surface area contributed by atoms with Crippen LogP contribution in [0.3, 0.4) is 0 Å². The lowest BCUT2D eigenvalue weighted by Crippen LogP contribution is -2.44. The monoisotopic (exact) mass is 395 g/mol. The summed E-state index contributed by atoms with van der Waals surface area (Å²) in [5, 5.41) is 2.53. The van der Waals surface area contributed by atoms with Gasteiger partial charge in [0, 0.05) is 18.2 Å². The number of hydrogen-bond donors (Lipinski definition) is 2. The summed E-state index contributed by atoms with van der Waals surface area (Å²) in [4.78, 5) is 28.6. The lowest BCUT2D eigenvalue weighted by atomic mass is 10.2. The van der Waals surface area contributed by atoms with Crippen molar-refractivity contribution in [3.8, 4) is 11.8 Å². The number of anilines is 1. The number of nitrogens with zero attached hydrogens (tertiary/aromatic N) is 1. The number of carbonyl (C=O) groups is 2. The van der Waals surface area contributed by atoms with Crippen molar-refractivity contribution in [1.29, 1.82) is 0 Å². The Hall–Kier alpha value is -3.53. The molecule has 29 heavy (non-hydrogen) atoms. The van der Waals surface area contributed by atoms with Gasteiger partial charge in [0.25, 0.3) is 0 Å². The number of alkyl carbamates (subject to hydrolysis) is 1. The first-order chi connectivity index (χ1) is 13.7.